The van der Waals surface area contributed by atoms with Crippen molar-refractivity contribution in [1.82, 2.24) is 10.2 Å². The number of carbonyl (C=O) groups is 1. The van der Waals surface area contributed by atoms with E-state index in [1.165, 1.54) is 12.1 Å². The van der Waals surface area contributed by atoms with Crippen molar-refractivity contribution in [2.75, 3.05) is 33.8 Å². The molecule has 1 N–H and O–H groups in total. The summed E-state index contributed by atoms with van der Waals surface area (Å²) >= 11 is 0. The first-order chi connectivity index (χ1) is 14.9. The van der Waals surface area contributed by atoms with E-state index in [4.69, 9.17) is 4.74 Å². The van der Waals surface area contributed by atoms with Crippen molar-refractivity contribution < 1.29 is 13.9 Å². The molecule has 0 spiro atoms. The predicted octanol–water partition coefficient (Wildman–Crippen LogP) is 4.69. The van der Waals surface area contributed by atoms with Crippen molar-refractivity contribution in [3.63, 3.8) is 0 Å². The summed E-state index contributed by atoms with van der Waals surface area (Å²) in [5, 5.41) is 5.12. The van der Waals surface area contributed by atoms with Crippen LogP contribution in [-0.4, -0.2) is 44.6 Å². The number of aryl methyl sites for hydroxylation is 1. The zero-order chi connectivity index (χ0) is 22.0. The smallest absolute Gasteiger partial charge is 0.252 e. The molecule has 0 saturated carbocycles. The summed E-state index contributed by atoms with van der Waals surface area (Å²) in [5.74, 6) is 0.348. The molecule has 0 atom stereocenters. The van der Waals surface area contributed by atoms with Gasteiger partial charge in [0.25, 0.3) is 5.91 Å². The number of nitrogens with zero attached hydrogens (tertiary/aromatic N) is 1. The topological polar surface area (TPSA) is 41.6 Å². The van der Waals surface area contributed by atoms with E-state index >= 15 is 0 Å². The highest BCUT2D eigenvalue weighted by Gasteiger charge is 2.36. The number of ether oxygens (including phenoxy) is 1. The van der Waals surface area contributed by atoms with Crippen LogP contribution in [0.3, 0.4) is 0 Å². The molecule has 162 valence electrons. The first-order valence-corrected chi connectivity index (χ1v) is 10.7. The van der Waals surface area contributed by atoms with Gasteiger partial charge in [-0.15, -0.1) is 0 Å². The van der Waals surface area contributed by atoms with Gasteiger partial charge in [0.05, 0.1) is 12.7 Å². The number of benzene rings is 3. The maximum Gasteiger partial charge on any atom is 0.252 e. The molecule has 1 aliphatic heterocycles. The van der Waals surface area contributed by atoms with Crippen molar-refractivity contribution in [3.05, 3.63) is 77.1 Å². The van der Waals surface area contributed by atoms with Crippen LogP contribution >= 0.6 is 0 Å². The Morgan fingerprint density at radius 1 is 1.10 bits per heavy atom. The maximum absolute atomic E-state index is 13.5. The fraction of sp³-hybridized carbons (Fsp3) is 0.346. The molecule has 3 aromatic carbocycles. The molecule has 0 aliphatic carbocycles. The third-order valence-corrected chi connectivity index (χ3v) is 6.72. The average molecular weight is 421 g/mol. The van der Waals surface area contributed by atoms with Gasteiger partial charge in [-0.05, 0) is 80.0 Å². The Morgan fingerprint density at radius 2 is 1.74 bits per heavy atom. The molecule has 1 heterocycles. The molecular formula is C26H29FN2O2. The van der Waals surface area contributed by atoms with Crippen molar-refractivity contribution in [3.8, 4) is 5.75 Å². The fourth-order valence-corrected chi connectivity index (χ4v) is 4.66. The van der Waals surface area contributed by atoms with Crippen LogP contribution in [0.25, 0.3) is 10.8 Å². The van der Waals surface area contributed by atoms with E-state index in [9.17, 15) is 9.18 Å². The van der Waals surface area contributed by atoms with Gasteiger partial charge in [-0.1, -0.05) is 36.4 Å². The Bertz CT molecular complexity index is 1090. The third kappa shape index (κ3) is 4.15. The summed E-state index contributed by atoms with van der Waals surface area (Å²) in [6.07, 6.45) is 1.82. The summed E-state index contributed by atoms with van der Waals surface area (Å²) in [5.41, 5.74) is 2.50. The van der Waals surface area contributed by atoms with Crippen LogP contribution < -0.4 is 10.1 Å². The van der Waals surface area contributed by atoms with E-state index in [1.54, 1.807) is 7.11 Å². The van der Waals surface area contributed by atoms with Crippen molar-refractivity contribution >= 4 is 16.7 Å². The summed E-state index contributed by atoms with van der Waals surface area (Å²) < 4.78 is 19.1. The fourth-order valence-electron chi connectivity index (χ4n) is 4.66. The Hall–Kier alpha value is -2.92. The maximum atomic E-state index is 13.5. The molecule has 4 nitrogen and oxygen atoms in total. The summed E-state index contributed by atoms with van der Waals surface area (Å²) in [7, 11) is 3.73. The number of amides is 1. The van der Waals surface area contributed by atoms with E-state index in [2.05, 4.69) is 17.3 Å². The zero-order valence-corrected chi connectivity index (χ0v) is 18.4. The number of hydrogen-bond donors (Lipinski definition) is 1. The SMILES string of the molecule is COc1cc(C(=O)NCC2(c3ccc(F)cc3)CCN(C)CC2)c2ccccc2c1C. The Kier molecular flexibility index (Phi) is 5.96. The number of hydrogen-bond acceptors (Lipinski definition) is 3. The van der Waals surface area contributed by atoms with Gasteiger partial charge in [-0.2, -0.15) is 0 Å². The lowest BCUT2D eigenvalue weighted by Crippen LogP contribution is -2.48. The number of likely N-dealkylation sites (tertiary alicyclic amines) is 1. The number of carbonyl (C=O) groups excluding carboxylic acids is 1. The quantitative estimate of drug-likeness (QED) is 0.651. The Labute approximate surface area is 183 Å². The number of halogens is 1. The van der Waals surface area contributed by atoms with E-state index in [0.717, 1.165) is 47.8 Å². The third-order valence-electron chi connectivity index (χ3n) is 6.72. The van der Waals surface area contributed by atoms with Crippen LogP contribution in [0.2, 0.25) is 0 Å². The molecule has 31 heavy (non-hydrogen) atoms. The van der Waals surface area contributed by atoms with Gasteiger partial charge in [0.2, 0.25) is 0 Å². The standard InChI is InChI=1S/C26H29FN2O2/c1-18-21-6-4-5-7-22(21)23(16-24(18)31-3)25(30)28-17-26(12-14-29(2)15-13-26)19-8-10-20(27)11-9-19/h4-11,16H,12-15,17H2,1-3H3,(H,28,30). The monoisotopic (exact) mass is 420 g/mol. The Balaban J connectivity index is 1.65. The highest BCUT2D eigenvalue weighted by atomic mass is 19.1. The zero-order valence-electron chi connectivity index (χ0n) is 18.4. The minimum absolute atomic E-state index is 0.116. The second kappa shape index (κ2) is 8.67. The van der Waals surface area contributed by atoms with E-state index in [0.29, 0.717) is 17.9 Å². The highest BCUT2D eigenvalue weighted by molar-refractivity contribution is 6.08. The van der Waals surface area contributed by atoms with Crippen LogP contribution in [0.4, 0.5) is 4.39 Å². The predicted molar refractivity (Wildman–Crippen MR) is 122 cm³/mol. The lowest BCUT2D eigenvalue weighted by Gasteiger charge is -2.41. The minimum Gasteiger partial charge on any atom is -0.496 e. The normalized spacial score (nSPS) is 16.3. The van der Waals surface area contributed by atoms with Crippen molar-refractivity contribution in [2.24, 2.45) is 0 Å². The molecular weight excluding hydrogens is 391 g/mol. The molecule has 1 amide bonds. The molecule has 1 fully saturated rings. The van der Waals surface area contributed by atoms with Crippen LogP contribution in [0.5, 0.6) is 5.75 Å². The lowest BCUT2D eigenvalue weighted by molar-refractivity contribution is 0.0929. The molecule has 1 aliphatic rings. The van der Waals surface area contributed by atoms with Gasteiger partial charge in [0.15, 0.2) is 0 Å². The highest BCUT2D eigenvalue weighted by Crippen LogP contribution is 2.35. The lowest BCUT2D eigenvalue weighted by atomic mass is 9.72. The molecule has 0 radical (unpaired) electrons. The molecule has 5 heteroatoms. The molecule has 0 aromatic heterocycles. The average Bonchev–Trinajstić information content (AvgIpc) is 2.80. The van der Waals surface area contributed by atoms with Crippen LogP contribution in [0.1, 0.15) is 34.3 Å². The largest absolute Gasteiger partial charge is 0.496 e. The van der Waals surface area contributed by atoms with Gasteiger partial charge < -0.3 is 15.0 Å². The molecule has 0 unspecified atom stereocenters. The second-order valence-corrected chi connectivity index (χ2v) is 8.57. The van der Waals surface area contributed by atoms with Crippen molar-refractivity contribution in [2.45, 2.75) is 25.2 Å². The molecule has 1 saturated heterocycles. The summed E-state index contributed by atoms with van der Waals surface area (Å²) in [6, 6.07) is 16.5. The van der Waals surface area contributed by atoms with E-state index in [-0.39, 0.29) is 17.1 Å². The summed E-state index contributed by atoms with van der Waals surface area (Å²) in [4.78, 5) is 15.6. The number of methoxy groups -OCH3 is 1. The summed E-state index contributed by atoms with van der Waals surface area (Å²) in [6.45, 7) is 4.39. The van der Waals surface area contributed by atoms with Crippen LogP contribution in [0.15, 0.2) is 54.6 Å². The van der Waals surface area contributed by atoms with E-state index < -0.39 is 0 Å². The van der Waals surface area contributed by atoms with Gasteiger partial charge in [0.1, 0.15) is 11.6 Å². The number of nitrogens with one attached hydrogen (secondary N) is 1. The molecule has 4 rings (SSSR count). The van der Waals surface area contributed by atoms with Gasteiger partial charge in [-0.3, -0.25) is 4.79 Å². The number of rotatable bonds is 5. The van der Waals surface area contributed by atoms with Crippen molar-refractivity contribution in [1.29, 1.82) is 0 Å². The van der Waals surface area contributed by atoms with E-state index in [1.807, 2.05) is 49.4 Å². The van der Waals surface area contributed by atoms with Crippen LogP contribution in [0, 0.1) is 12.7 Å². The van der Waals surface area contributed by atoms with Gasteiger partial charge in [0, 0.05) is 12.0 Å². The Morgan fingerprint density at radius 3 is 2.39 bits per heavy atom. The molecule has 0 bridgehead atoms. The molecule has 3 aromatic rings. The number of fused-ring (bicyclic) bond motifs is 1. The first kappa shape index (κ1) is 21.3. The second-order valence-electron chi connectivity index (χ2n) is 8.57. The van der Waals surface area contributed by atoms with Crippen LogP contribution in [-0.2, 0) is 5.41 Å². The van der Waals surface area contributed by atoms with Gasteiger partial charge in [-0.25, -0.2) is 4.39 Å². The first-order valence-electron chi connectivity index (χ1n) is 10.7. The minimum atomic E-state index is -0.242. The number of piperidine rings is 1. The van der Waals surface area contributed by atoms with Gasteiger partial charge >= 0.3 is 0 Å².